The Kier molecular flexibility index (Phi) is 3.35. The molecule has 0 aromatic carbocycles. The van der Waals surface area contributed by atoms with Gasteiger partial charge in [-0.05, 0) is 37.3 Å². The lowest BCUT2D eigenvalue weighted by Gasteiger charge is -2.36. The van der Waals surface area contributed by atoms with Gasteiger partial charge in [-0.1, -0.05) is 13.3 Å². The lowest BCUT2D eigenvalue weighted by molar-refractivity contribution is 0.0638. The van der Waals surface area contributed by atoms with Crippen LogP contribution in [-0.2, 0) is 0 Å². The summed E-state index contributed by atoms with van der Waals surface area (Å²) in [5, 5.41) is 0. The highest BCUT2D eigenvalue weighted by atomic mass is 16.2. The Balaban J connectivity index is 1.74. The van der Waals surface area contributed by atoms with Crippen molar-refractivity contribution in [2.24, 2.45) is 11.7 Å². The minimum absolute atomic E-state index is 0.183. The number of piperidine rings is 1. The average Bonchev–Trinajstić information content (AvgIpc) is 3.16. The van der Waals surface area contributed by atoms with Gasteiger partial charge in [0.1, 0.15) is 5.69 Å². The van der Waals surface area contributed by atoms with E-state index < -0.39 is 0 Å². The maximum absolute atomic E-state index is 12.6. The molecule has 0 spiro atoms. The number of aromatic nitrogens is 1. The van der Waals surface area contributed by atoms with E-state index in [-0.39, 0.29) is 11.9 Å². The quantitative estimate of drug-likeness (QED) is 0.905. The van der Waals surface area contributed by atoms with Gasteiger partial charge in [0.25, 0.3) is 5.91 Å². The Hall–Kier alpha value is -1.29. The third kappa shape index (κ3) is 2.41. The Morgan fingerprint density at radius 1 is 1.42 bits per heavy atom. The van der Waals surface area contributed by atoms with Crippen LogP contribution in [0, 0.1) is 5.92 Å². The highest BCUT2D eigenvalue weighted by Gasteiger charge is 2.32. The van der Waals surface area contributed by atoms with Gasteiger partial charge in [0.2, 0.25) is 0 Å². The molecule has 2 heterocycles. The van der Waals surface area contributed by atoms with Gasteiger partial charge in [-0.2, -0.15) is 0 Å². The van der Waals surface area contributed by atoms with Gasteiger partial charge in [0.15, 0.2) is 0 Å². The van der Waals surface area contributed by atoms with Crippen LogP contribution in [0.5, 0.6) is 0 Å². The molecule has 1 aliphatic carbocycles. The molecule has 4 heteroatoms. The Morgan fingerprint density at radius 3 is 2.89 bits per heavy atom. The number of hydrogen-bond acceptors (Lipinski definition) is 2. The van der Waals surface area contributed by atoms with E-state index in [0.29, 0.717) is 12.0 Å². The average molecular weight is 261 g/mol. The SMILES string of the molecule is CCC1CN(C(=O)c2cccn2C2CC2)CCC1N. The molecule has 1 aromatic rings. The molecule has 3 rings (SSSR count). The van der Waals surface area contributed by atoms with E-state index in [9.17, 15) is 4.79 Å². The summed E-state index contributed by atoms with van der Waals surface area (Å²) >= 11 is 0. The molecule has 1 saturated carbocycles. The highest BCUT2D eigenvalue weighted by molar-refractivity contribution is 5.93. The summed E-state index contributed by atoms with van der Waals surface area (Å²) in [6.45, 7) is 3.77. The van der Waals surface area contributed by atoms with Crippen molar-refractivity contribution in [2.45, 2.75) is 44.7 Å². The third-order valence-electron chi connectivity index (χ3n) is 4.54. The normalized spacial score (nSPS) is 27.6. The Morgan fingerprint density at radius 2 is 2.21 bits per heavy atom. The van der Waals surface area contributed by atoms with E-state index in [4.69, 9.17) is 5.73 Å². The second-order valence-corrected chi connectivity index (χ2v) is 5.90. The fraction of sp³-hybridized carbons (Fsp3) is 0.667. The monoisotopic (exact) mass is 261 g/mol. The van der Waals surface area contributed by atoms with Crippen LogP contribution in [0.4, 0.5) is 0 Å². The first-order valence-corrected chi connectivity index (χ1v) is 7.42. The zero-order chi connectivity index (χ0) is 13.4. The predicted molar refractivity (Wildman–Crippen MR) is 75.0 cm³/mol. The summed E-state index contributed by atoms with van der Waals surface area (Å²) in [5.74, 6) is 0.629. The number of rotatable bonds is 3. The molecule has 2 unspecified atom stereocenters. The molecule has 104 valence electrons. The van der Waals surface area contributed by atoms with Crippen LogP contribution in [0.1, 0.15) is 49.1 Å². The standard InChI is InChI=1S/C15H23N3O/c1-2-11-10-17(9-7-13(11)16)15(19)14-4-3-8-18(14)12-5-6-12/h3-4,8,11-13H,2,5-7,9-10,16H2,1H3. The van der Waals surface area contributed by atoms with Gasteiger partial charge in [0.05, 0.1) is 0 Å². The minimum Gasteiger partial charge on any atom is -0.340 e. The molecule has 2 fully saturated rings. The highest BCUT2D eigenvalue weighted by Crippen LogP contribution is 2.36. The summed E-state index contributed by atoms with van der Waals surface area (Å²) in [5.41, 5.74) is 6.97. The van der Waals surface area contributed by atoms with Crippen LogP contribution in [0.3, 0.4) is 0 Å². The smallest absolute Gasteiger partial charge is 0.270 e. The number of amides is 1. The molecule has 0 bridgehead atoms. The van der Waals surface area contributed by atoms with Crippen LogP contribution < -0.4 is 5.73 Å². The molecule has 2 aliphatic rings. The summed E-state index contributed by atoms with van der Waals surface area (Å²) < 4.78 is 2.15. The fourth-order valence-electron chi connectivity index (χ4n) is 3.07. The van der Waals surface area contributed by atoms with E-state index in [2.05, 4.69) is 11.5 Å². The summed E-state index contributed by atoms with van der Waals surface area (Å²) in [6, 6.07) is 4.75. The van der Waals surface area contributed by atoms with Crippen molar-refractivity contribution in [2.75, 3.05) is 13.1 Å². The molecule has 0 radical (unpaired) electrons. The molecule has 1 aliphatic heterocycles. The first-order chi connectivity index (χ1) is 9.20. The predicted octanol–water partition coefficient (Wildman–Crippen LogP) is 2.02. The van der Waals surface area contributed by atoms with E-state index >= 15 is 0 Å². The van der Waals surface area contributed by atoms with E-state index in [1.54, 1.807) is 0 Å². The molecular formula is C15H23N3O. The van der Waals surface area contributed by atoms with E-state index in [1.807, 2.05) is 23.2 Å². The van der Waals surface area contributed by atoms with E-state index in [0.717, 1.165) is 31.6 Å². The van der Waals surface area contributed by atoms with Crippen molar-refractivity contribution < 1.29 is 4.79 Å². The molecular weight excluding hydrogens is 238 g/mol. The summed E-state index contributed by atoms with van der Waals surface area (Å²) in [4.78, 5) is 14.6. The third-order valence-corrected chi connectivity index (χ3v) is 4.54. The van der Waals surface area contributed by atoms with Gasteiger partial charge in [-0.3, -0.25) is 4.79 Å². The summed E-state index contributed by atoms with van der Waals surface area (Å²) in [7, 11) is 0. The molecule has 4 nitrogen and oxygen atoms in total. The molecule has 1 aromatic heterocycles. The first kappa shape index (κ1) is 12.7. The maximum Gasteiger partial charge on any atom is 0.270 e. The van der Waals surface area contributed by atoms with Crippen LogP contribution in [0.2, 0.25) is 0 Å². The molecule has 2 atom stereocenters. The van der Waals surface area contributed by atoms with Gasteiger partial charge < -0.3 is 15.2 Å². The minimum atomic E-state index is 0.183. The van der Waals surface area contributed by atoms with Crippen molar-refractivity contribution >= 4 is 5.91 Å². The maximum atomic E-state index is 12.6. The second-order valence-electron chi connectivity index (χ2n) is 5.90. The van der Waals surface area contributed by atoms with Crippen LogP contribution >= 0.6 is 0 Å². The lowest BCUT2D eigenvalue weighted by atomic mass is 9.90. The summed E-state index contributed by atoms with van der Waals surface area (Å²) in [6.07, 6.45) is 6.43. The van der Waals surface area contributed by atoms with Crippen molar-refractivity contribution in [1.82, 2.24) is 9.47 Å². The lowest BCUT2D eigenvalue weighted by Crippen LogP contribution is -2.49. The van der Waals surface area contributed by atoms with Gasteiger partial charge in [0, 0.05) is 31.4 Å². The van der Waals surface area contributed by atoms with Gasteiger partial charge in [-0.15, -0.1) is 0 Å². The van der Waals surface area contributed by atoms with Crippen LogP contribution in [0.25, 0.3) is 0 Å². The number of hydrogen-bond donors (Lipinski definition) is 1. The Labute approximate surface area is 114 Å². The van der Waals surface area contributed by atoms with Crippen molar-refractivity contribution in [3.63, 3.8) is 0 Å². The van der Waals surface area contributed by atoms with Crippen molar-refractivity contribution in [3.05, 3.63) is 24.0 Å². The molecule has 1 amide bonds. The number of carbonyl (C=O) groups excluding carboxylic acids is 1. The van der Waals surface area contributed by atoms with Crippen LogP contribution in [0.15, 0.2) is 18.3 Å². The zero-order valence-corrected chi connectivity index (χ0v) is 11.6. The van der Waals surface area contributed by atoms with Crippen molar-refractivity contribution in [3.8, 4) is 0 Å². The second kappa shape index (κ2) is 5.00. The topological polar surface area (TPSA) is 51.3 Å². The fourth-order valence-corrected chi connectivity index (χ4v) is 3.07. The first-order valence-electron chi connectivity index (χ1n) is 7.42. The molecule has 19 heavy (non-hydrogen) atoms. The molecule has 1 saturated heterocycles. The van der Waals surface area contributed by atoms with E-state index in [1.165, 1.54) is 12.8 Å². The van der Waals surface area contributed by atoms with Crippen LogP contribution in [-0.4, -0.2) is 34.5 Å². The van der Waals surface area contributed by atoms with Gasteiger partial charge >= 0.3 is 0 Å². The van der Waals surface area contributed by atoms with Gasteiger partial charge in [-0.25, -0.2) is 0 Å². The molecule has 2 N–H and O–H groups in total. The zero-order valence-electron chi connectivity index (χ0n) is 11.6. The van der Waals surface area contributed by atoms with Crippen molar-refractivity contribution in [1.29, 1.82) is 0 Å². The Bertz CT molecular complexity index is 464. The number of carbonyl (C=O) groups is 1. The largest absolute Gasteiger partial charge is 0.340 e. The number of nitrogens with zero attached hydrogens (tertiary/aromatic N) is 2. The number of nitrogens with two attached hydrogens (primary N) is 1. The number of likely N-dealkylation sites (tertiary alicyclic amines) is 1.